The first-order valence-corrected chi connectivity index (χ1v) is 6.01. The first-order chi connectivity index (χ1) is 7.77. The number of aromatic hydroxyl groups is 1. The molecular formula is C13H19NO2. The SMILES string of the molecule is Nc1c(O)cccc1OC1CCCCCC1. The van der Waals surface area contributed by atoms with E-state index in [1.165, 1.54) is 25.7 Å². The molecule has 0 heterocycles. The number of benzene rings is 1. The number of anilines is 1. The van der Waals surface area contributed by atoms with Gasteiger partial charge in [-0.25, -0.2) is 0 Å². The van der Waals surface area contributed by atoms with Gasteiger partial charge in [-0.2, -0.15) is 0 Å². The molecule has 0 radical (unpaired) electrons. The lowest BCUT2D eigenvalue weighted by molar-refractivity contribution is 0.184. The molecule has 0 spiro atoms. The van der Waals surface area contributed by atoms with E-state index in [-0.39, 0.29) is 11.9 Å². The number of nitrogen functional groups attached to an aromatic ring is 1. The van der Waals surface area contributed by atoms with Crippen molar-refractivity contribution in [2.75, 3.05) is 5.73 Å². The number of phenols is 1. The van der Waals surface area contributed by atoms with Crippen molar-refractivity contribution in [3.8, 4) is 11.5 Å². The average Bonchev–Trinajstić information content (AvgIpc) is 2.53. The van der Waals surface area contributed by atoms with E-state index in [1.807, 2.05) is 6.07 Å². The van der Waals surface area contributed by atoms with Gasteiger partial charge in [-0.05, 0) is 37.8 Å². The van der Waals surface area contributed by atoms with Gasteiger partial charge >= 0.3 is 0 Å². The molecule has 88 valence electrons. The Kier molecular flexibility index (Phi) is 3.54. The molecule has 1 aromatic rings. The fraction of sp³-hybridized carbons (Fsp3) is 0.538. The van der Waals surface area contributed by atoms with Gasteiger partial charge in [-0.1, -0.05) is 18.9 Å². The Morgan fingerprint density at radius 1 is 1.12 bits per heavy atom. The number of hydrogen-bond donors (Lipinski definition) is 2. The minimum atomic E-state index is 0.103. The zero-order chi connectivity index (χ0) is 11.4. The standard InChI is InChI=1S/C13H19NO2/c14-13-11(15)8-5-9-12(13)16-10-6-3-1-2-4-7-10/h5,8-10,15H,1-4,6-7,14H2. The molecule has 3 N–H and O–H groups in total. The Hall–Kier alpha value is -1.38. The van der Waals surface area contributed by atoms with E-state index in [0.29, 0.717) is 11.4 Å². The number of phenolic OH excluding ortho intramolecular Hbond substituents is 1. The highest BCUT2D eigenvalue weighted by Crippen LogP contribution is 2.32. The van der Waals surface area contributed by atoms with Crippen LogP contribution in [0.15, 0.2) is 18.2 Å². The molecule has 0 atom stereocenters. The molecule has 2 rings (SSSR count). The molecule has 3 nitrogen and oxygen atoms in total. The number of para-hydroxylation sites is 1. The predicted molar refractivity (Wildman–Crippen MR) is 64.6 cm³/mol. The summed E-state index contributed by atoms with van der Waals surface area (Å²) in [6.07, 6.45) is 7.49. The van der Waals surface area contributed by atoms with Crippen LogP contribution in [0.25, 0.3) is 0 Å². The van der Waals surface area contributed by atoms with Crippen molar-refractivity contribution in [1.29, 1.82) is 0 Å². The number of hydrogen-bond acceptors (Lipinski definition) is 3. The number of nitrogens with two attached hydrogens (primary N) is 1. The molecule has 3 heteroatoms. The van der Waals surface area contributed by atoms with Crippen LogP contribution in [0.1, 0.15) is 38.5 Å². The van der Waals surface area contributed by atoms with Crippen LogP contribution in [0, 0.1) is 0 Å². The zero-order valence-electron chi connectivity index (χ0n) is 9.48. The van der Waals surface area contributed by atoms with E-state index in [2.05, 4.69) is 0 Å². The van der Waals surface area contributed by atoms with E-state index in [4.69, 9.17) is 10.5 Å². The van der Waals surface area contributed by atoms with Crippen LogP contribution in [-0.2, 0) is 0 Å². The molecule has 0 unspecified atom stereocenters. The molecule has 16 heavy (non-hydrogen) atoms. The lowest BCUT2D eigenvalue weighted by Crippen LogP contribution is -2.15. The maximum absolute atomic E-state index is 9.48. The molecule has 1 saturated carbocycles. The summed E-state index contributed by atoms with van der Waals surface area (Å²) in [5, 5.41) is 9.48. The minimum Gasteiger partial charge on any atom is -0.506 e. The average molecular weight is 221 g/mol. The second kappa shape index (κ2) is 5.10. The van der Waals surface area contributed by atoms with E-state index < -0.39 is 0 Å². The van der Waals surface area contributed by atoms with Crippen molar-refractivity contribution in [3.63, 3.8) is 0 Å². The van der Waals surface area contributed by atoms with Crippen LogP contribution in [0.2, 0.25) is 0 Å². The van der Waals surface area contributed by atoms with E-state index in [9.17, 15) is 5.11 Å². The van der Waals surface area contributed by atoms with Crippen molar-refractivity contribution in [3.05, 3.63) is 18.2 Å². The van der Waals surface area contributed by atoms with Gasteiger partial charge in [0.1, 0.15) is 17.2 Å². The Labute approximate surface area is 96.2 Å². The van der Waals surface area contributed by atoms with Crippen LogP contribution in [0.4, 0.5) is 5.69 Å². The fourth-order valence-electron chi connectivity index (χ4n) is 2.17. The van der Waals surface area contributed by atoms with Crippen LogP contribution in [0.5, 0.6) is 11.5 Å². The summed E-state index contributed by atoms with van der Waals surface area (Å²) < 4.78 is 5.86. The Balaban J connectivity index is 2.04. The van der Waals surface area contributed by atoms with Crippen LogP contribution in [0.3, 0.4) is 0 Å². The summed E-state index contributed by atoms with van der Waals surface area (Å²) in [5.41, 5.74) is 6.12. The first-order valence-electron chi connectivity index (χ1n) is 6.01. The summed E-state index contributed by atoms with van der Waals surface area (Å²) in [7, 11) is 0. The van der Waals surface area contributed by atoms with Crippen molar-refractivity contribution in [1.82, 2.24) is 0 Å². The molecule has 1 aliphatic rings. The van der Waals surface area contributed by atoms with Gasteiger partial charge in [0, 0.05) is 0 Å². The zero-order valence-corrected chi connectivity index (χ0v) is 9.48. The number of rotatable bonds is 2. The Bertz CT molecular complexity index is 344. The molecule has 0 bridgehead atoms. The highest BCUT2D eigenvalue weighted by atomic mass is 16.5. The van der Waals surface area contributed by atoms with E-state index >= 15 is 0 Å². The molecule has 0 amide bonds. The molecule has 1 aliphatic carbocycles. The Morgan fingerprint density at radius 3 is 2.50 bits per heavy atom. The lowest BCUT2D eigenvalue weighted by Gasteiger charge is -2.18. The van der Waals surface area contributed by atoms with Crippen LogP contribution < -0.4 is 10.5 Å². The van der Waals surface area contributed by atoms with E-state index in [0.717, 1.165) is 12.8 Å². The molecular weight excluding hydrogens is 202 g/mol. The van der Waals surface area contributed by atoms with E-state index in [1.54, 1.807) is 12.1 Å². The molecule has 1 fully saturated rings. The fourth-order valence-corrected chi connectivity index (χ4v) is 2.17. The third-order valence-electron chi connectivity index (χ3n) is 3.14. The third-order valence-corrected chi connectivity index (χ3v) is 3.14. The van der Waals surface area contributed by atoms with Crippen molar-refractivity contribution >= 4 is 5.69 Å². The second-order valence-electron chi connectivity index (χ2n) is 4.42. The van der Waals surface area contributed by atoms with Crippen molar-refractivity contribution in [2.24, 2.45) is 0 Å². The van der Waals surface area contributed by atoms with Gasteiger partial charge in [-0.15, -0.1) is 0 Å². The van der Waals surface area contributed by atoms with Crippen LogP contribution in [-0.4, -0.2) is 11.2 Å². The highest BCUT2D eigenvalue weighted by molar-refractivity contribution is 5.61. The second-order valence-corrected chi connectivity index (χ2v) is 4.42. The maximum Gasteiger partial charge on any atom is 0.146 e. The van der Waals surface area contributed by atoms with Crippen LogP contribution >= 0.6 is 0 Å². The molecule has 1 aromatic carbocycles. The smallest absolute Gasteiger partial charge is 0.146 e. The lowest BCUT2D eigenvalue weighted by atomic mass is 10.1. The minimum absolute atomic E-state index is 0.103. The normalized spacial score (nSPS) is 18.0. The van der Waals surface area contributed by atoms with Gasteiger partial charge in [0.15, 0.2) is 0 Å². The largest absolute Gasteiger partial charge is 0.506 e. The van der Waals surface area contributed by atoms with Crippen molar-refractivity contribution in [2.45, 2.75) is 44.6 Å². The Morgan fingerprint density at radius 2 is 1.81 bits per heavy atom. The monoisotopic (exact) mass is 221 g/mol. The quantitative estimate of drug-likeness (QED) is 0.458. The summed E-state index contributed by atoms with van der Waals surface area (Å²) >= 11 is 0. The molecule has 0 saturated heterocycles. The highest BCUT2D eigenvalue weighted by Gasteiger charge is 2.15. The summed E-state index contributed by atoms with van der Waals surface area (Å²) in [6.45, 7) is 0. The number of ether oxygens (including phenoxy) is 1. The van der Waals surface area contributed by atoms with Gasteiger partial charge in [0.25, 0.3) is 0 Å². The summed E-state index contributed by atoms with van der Waals surface area (Å²) in [4.78, 5) is 0. The molecule has 0 aliphatic heterocycles. The van der Waals surface area contributed by atoms with Gasteiger partial charge < -0.3 is 15.6 Å². The summed E-state index contributed by atoms with van der Waals surface area (Å²) in [6, 6.07) is 5.16. The third kappa shape index (κ3) is 2.60. The maximum atomic E-state index is 9.48. The topological polar surface area (TPSA) is 55.5 Å². The summed E-state index contributed by atoms with van der Waals surface area (Å²) in [5.74, 6) is 0.720. The predicted octanol–water partition coefficient (Wildman–Crippen LogP) is 3.08. The first kappa shape index (κ1) is 11.1. The molecule has 0 aromatic heterocycles. The van der Waals surface area contributed by atoms with Gasteiger partial charge in [-0.3, -0.25) is 0 Å². The van der Waals surface area contributed by atoms with Gasteiger partial charge in [0.2, 0.25) is 0 Å². The van der Waals surface area contributed by atoms with Gasteiger partial charge in [0.05, 0.1) is 6.10 Å². The van der Waals surface area contributed by atoms with Crippen molar-refractivity contribution < 1.29 is 9.84 Å².